The molecule has 0 bridgehead atoms. The van der Waals surface area contributed by atoms with Crippen molar-refractivity contribution >= 4 is 17.9 Å². The summed E-state index contributed by atoms with van der Waals surface area (Å²) in [5, 5.41) is 50.8. The summed E-state index contributed by atoms with van der Waals surface area (Å²) < 4.78 is 0. The molecular weight excluding hydrogens is 432 g/mol. The quantitative estimate of drug-likeness (QED) is 0.154. The Morgan fingerprint density at radius 3 is 1.24 bits per heavy atom. The number of carboxylic acids is 3. The third-order valence-corrected chi connectivity index (χ3v) is 4.31. The number of unbranched alkanes of at least 4 members (excludes halogenated alkanes) is 1. The van der Waals surface area contributed by atoms with Crippen LogP contribution in [0, 0.1) is 17.8 Å². The first-order valence-corrected chi connectivity index (χ1v) is 11.2. The Balaban J connectivity index is -0.000000411. The summed E-state index contributed by atoms with van der Waals surface area (Å²) in [5.74, 6) is -3.65. The molecular formula is C24H42O9. The van der Waals surface area contributed by atoms with Gasteiger partial charge < -0.3 is 30.6 Å². The number of carbonyl (C=O) groups is 3. The van der Waals surface area contributed by atoms with Crippen LogP contribution in [0.2, 0.25) is 0 Å². The van der Waals surface area contributed by atoms with E-state index < -0.39 is 29.7 Å². The van der Waals surface area contributed by atoms with Gasteiger partial charge >= 0.3 is 17.9 Å². The highest BCUT2D eigenvalue weighted by atomic mass is 16.4. The number of carboxylic acid groups (broad SMARTS) is 3. The van der Waals surface area contributed by atoms with Gasteiger partial charge in [-0.15, -0.1) is 0 Å². The zero-order valence-electron chi connectivity index (χ0n) is 20.0. The van der Waals surface area contributed by atoms with Gasteiger partial charge in [0, 0.05) is 13.2 Å². The van der Waals surface area contributed by atoms with E-state index in [9.17, 15) is 14.4 Å². The van der Waals surface area contributed by atoms with Crippen molar-refractivity contribution in [3.05, 3.63) is 36.5 Å². The number of aliphatic carboxylic acids is 3. The van der Waals surface area contributed by atoms with Gasteiger partial charge in [-0.25, -0.2) is 0 Å². The summed E-state index contributed by atoms with van der Waals surface area (Å²) in [7, 11) is 0. The standard InChI is InChI=1S/C9H16O3.C8H14O3.C7H12O3/c1-2-8(9(11)12)6-4-3-5-7-10;1-2-7(8(10)11)5-3-4-6-9;1-2-6(7(9)10)4-3-5-8/h4,6,8,10H,2-3,5,7H2,1H3,(H,11,12);3,5,7,9H,2,4,6H2,1H3,(H,10,11);3-4,6,8H,2,5H2,1H3,(H,9,10). The second kappa shape index (κ2) is 25.8. The van der Waals surface area contributed by atoms with Crippen LogP contribution in [0.3, 0.4) is 0 Å². The predicted octanol–water partition coefficient (Wildman–Crippen LogP) is 3.11. The van der Waals surface area contributed by atoms with Gasteiger partial charge in [0.25, 0.3) is 0 Å². The maximum absolute atomic E-state index is 10.5. The molecule has 0 aliphatic heterocycles. The number of aliphatic hydroxyl groups excluding tert-OH is 3. The lowest BCUT2D eigenvalue weighted by molar-refractivity contribution is -0.141. The third-order valence-electron chi connectivity index (χ3n) is 4.31. The Hall–Kier alpha value is -2.49. The second-order valence-electron chi connectivity index (χ2n) is 6.90. The molecule has 9 heteroatoms. The minimum atomic E-state index is -0.841. The zero-order chi connectivity index (χ0) is 26.1. The normalized spacial score (nSPS) is 13.6. The molecule has 0 saturated heterocycles. The molecule has 0 radical (unpaired) electrons. The van der Waals surface area contributed by atoms with Gasteiger partial charge in [0.05, 0.1) is 24.4 Å². The van der Waals surface area contributed by atoms with Crippen molar-refractivity contribution in [2.75, 3.05) is 19.8 Å². The van der Waals surface area contributed by atoms with Crippen LogP contribution >= 0.6 is 0 Å². The van der Waals surface area contributed by atoms with Crippen LogP contribution in [0.4, 0.5) is 0 Å². The Morgan fingerprint density at radius 1 is 0.606 bits per heavy atom. The first kappa shape index (κ1) is 35.1. The average molecular weight is 475 g/mol. The highest BCUT2D eigenvalue weighted by Crippen LogP contribution is 2.06. The largest absolute Gasteiger partial charge is 0.481 e. The van der Waals surface area contributed by atoms with Gasteiger partial charge in [-0.2, -0.15) is 0 Å². The fraction of sp³-hybridized carbons (Fsp3) is 0.625. The molecule has 6 N–H and O–H groups in total. The maximum atomic E-state index is 10.5. The Morgan fingerprint density at radius 2 is 0.970 bits per heavy atom. The van der Waals surface area contributed by atoms with Gasteiger partial charge in [0.15, 0.2) is 0 Å². The molecule has 192 valence electrons. The second-order valence-corrected chi connectivity index (χ2v) is 6.90. The lowest BCUT2D eigenvalue weighted by Crippen LogP contribution is -2.09. The molecule has 0 saturated carbocycles. The van der Waals surface area contributed by atoms with Crippen LogP contribution < -0.4 is 0 Å². The topological polar surface area (TPSA) is 173 Å². The summed E-state index contributed by atoms with van der Waals surface area (Å²) >= 11 is 0. The summed E-state index contributed by atoms with van der Waals surface area (Å²) in [6.45, 7) is 5.60. The van der Waals surface area contributed by atoms with Gasteiger partial charge in [-0.05, 0) is 38.5 Å². The lowest BCUT2D eigenvalue weighted by atomic mass is 10.1. The van der Waals surface area contributed by atoms with Crippen LogP contribution in [-0.4, -0.2) is 68.4 Å². The Kier molecular flexibility index (Phi) is 27.4. The fourth-order valence-corrected chi connectivity index (χ4v) is 2.21. The molecule has 0 amide bonds. The van der Waals surface area contributed by atoms with E-state index in [4.69, 9.17) is 30.6 Å². The molecule has 0 heterocycles. The van der Waals surface area contributed by atoms with E-state index in [1.807, 2.05) is 19.9 Å². The number of hydrogen-bond acceptors (Lipinski definition) is 6. The molecule has 0 aromatic rings. The summed E-state index contributed by atoms with van der Waals surface area (Å²) in [6.07, 6.45) is 13.5. The van der Waals surface area contributed by atoms with Crippen LogP contribution in [-0.2, 0) is 14.4 Å². The summed E-state index contributed by atoms with van der Waals surface area (Å²) in [6, 6.07) is 0. The number of hydrogen-bond donors (Lipinski definition) is 6. The van der Waals surface area contributed by atoms with Crippen molar-refractivity contribution in [3.63, 3.8) is 0 Å². The van der Waals surface area contributed by atoms with Crippen molar-refractivity contribution in [3.8, 4) is 0 Å². The van der Waals surface area contributed by atoms with Crippen LogP contribution in [0.15, 0.2) is 36.5 Å². The van der Waals surface area contributed by atoms with E-state index >= 15 is 0 Å². The summed E-state index contributed by atoms with van der Waals surface area (Å²) in [5.41, 5.74) is 0. The molecule has 3 unspecified atom stereocenters. The first-order chi connectivity index (χ1) is 15.7. The van der Waals surface area contributed by atoms with E-state index in [1.54, 1.807) is 25.2 Å². The molecule has 0 spiro atoms. The van der Waals surface area contributed by atoms with E-state index in [0.29, 0.717) is 32.1 Å². The summed E-state index contributed by atoms with van der Waals surface area (Å²) in [4.78, 5) is 31.2. The molecule has 0 aliphatic carbocycles. The minimum absolute atomic E-state index is 0.0759. The third kappa shape index (κ3) is 24.0. The van der Waals surface area contributed by atoms with E-state index in [1.165, 1.54) is 12.2 Å². The fourth-order valence-electron chi connectivity index (χ4n) is 2.21. The van der Waals surface area contributed by atoms with Gasteiger partial charge in [0.1, 0.15) is 0 Å². The molecule has 3 atom stereocenters. The van der Waals surface area contributed by atoms with Crippen molar-refractivity contribution in [2.24, 2.45) is 17.8 Å². The first-order valence-electron chi connectivity index (χ1n) is 11.2. The number of aliphatic hydroxyl groups is 3. The SMILES string of the molecule is CCC(C=CCCCO)C(=O)O.CCC(C=CCCO)C(=O)O.CCC(C=CCO)C(=O)O. The molecule has 0 aliphatic rings. The smallest absolute Gasteiger partial charge is 0.310 e. The molecule has 0 fully saturated rings. The van der Waals surface area contributed by atoms with E-state index in [0.717, 1.165) is 6.42 Å². The molecule has 9 nitrogen and oxygen atoms in total. The Labute approximate surface area is 196 Å². The van der Waals surface area contributed by atoms with Gasteiger partial charge in [0.2, 0.25) is 0 Å². The van der Waals surface area contributed by atoms with Crippen molar-refractivity contribution in [1.29, 1.82) is 0 Å². The highest BCUT2D eigenvalue weighted by molar-refractivity contribution is 5.72. The minimum Gasteiger partial charge on any atom is -0.481 e. The monoisotopic (exact) mass is 474 g/mol. The lowest BCUT2D eigenvalue weighted by Gasteiger charge is -2.01. The van der Waals surface area contributed by atoms with Gasteiger partial charge in [-0.3, -0.25) is 14.4 Å². The Bertz CT molecular complexity index is 582. The maximum Gasteiger partial charge on any atom is 0.310 e. The molecule has 0 rings (SSSR count). The highest BCUT2D eigenvalue weighted by Gasteiger charge is 2.10. The van der Waals surface area contributed by atoms with Crippen LogP contribution in [0.5, 0.6) is 0 Å². The van der Waals surface area contributed by atoms with Crippen molar-refractivity contribution in [1.82, 2.24) is 0 Å². The predicted molar refractivity (Wildman–Crippen MR) is 127 cm³/mol. The van der Waals surface area contributed by atoms with Crippen molar-refractivity contribution < 1.29 is 45.0 Å². The van der Waals surface area contributed by atoms with E-state index in [-0.39, 0.29) is 25.7 Å². The zero-order valence-corrected chi connectivity index (χ0v) is 20.0. The van der Waals surface area contributed by atoms with Crippen LogP contribution in [0.25, 0.3) is 0 Å². The van der Waals surface area contributed by atoms with Gasteiger partial charge in [-0.1, -0.05) is 57.2 Å². The molecule has 33 heavy (non-hydrogen) atoms. The molecule has 0 aromatic heterocycles. The average Bonchev–Trinajstić information content (AvgIpc) is 2.77. The number of allylic oxidation sites excluding steroid dienone is 1. The van der Waals surface area contributed by atoms with E-state index in [2.05, 4.69) is 0 Å². The van der Waals surface area contributed by atoms with Crippen molar-refractivity contribution in [2.45, 2.75) is 59.3 Å². The number of rotatable bonds is 15. The molecule has 0 aromatic carbocycles. The van der Waals surface area contributed by atoms with Crippen LogP contribution in [0.1, 0.15) is 59.3 Å².